The number of benzene rings is 7. The molecule has 0 aliphatic carbocycles. The molecule has 0 saturated carbocycles. The van der Waals surface area contributed by atoms with E-state index in [-0.39, 0.29) is 0 Å². The number of pyridine rings is 1. The van der Waals surface area contributed by atoms with Crippen molar-refractivity contribution in [3.8, 4) is 27.9 Å². The van der Waals surface area contributed by atoms with Crippen LogP contribution in [-0.2, 0) is 0 Å². The van der Waals surface area contributed by atoms with Gasteiger partial charge in [0.1, 0.15) is 0 Å². The summed E-state index contributed by atoms with van der Waals surface area (Å²) in [4.78, 5) is 4.43. The third kappa shape index (κ3) is 3.73. The van der Waals surface area contributed by atoms with Crippen molar-refractivity contribution >= 4 is 74.9 Å². The van der Waals surface area contributed by atoms with Gasteiger partial charge in [-0.1, -0.05) is 91.0 Å². The zero-order valence-corrected chi connectivity index (χ0v) is 25.6. The first kappa shape index (κ1) is 25.5. The number of fused-ring (bicyclic) bond motifs is 9. The number of para-hydroxylation sites is 2. The van der Waals surface area contributed by atoms with Crippen LogP contribution in [0, 0.1) is 0 Å². The standard InChI is InChI=1S/C43H26N2S/c1-2-11-30(12-3-1)45-40-17-6-4-13-32(40)39-24-29-23-37(35-16-8-15-34-33-14-5-7-18-42(33)46-43(34)35)31-20-19-27(28-10-9-21-44-26-28)22-38(31)36(29)25-41(39)45/h1-26H. The summed E-state index contributed by atoms with van der Waals surface area (Å²) in [6.07, 6.45) is 3.79. The molecule has 0 amide bonds. The summed E-state index contributed by atoms with van der Waals surface area (Å²) >= 11 is 1.89. The molecular formula is C43H26N2S. The molecule has 2 nitrogen and oxygen atoms in total. The van der Waals surface area contributed by atoms with Crippen molar-refractivity contribution in [3.63, 3.8) is 0 Å². The van der Waals surface area contributed by atoms with Gasteiger partial charge in [0.05, 0.1) is 11.0 Å². The first-order chi connectivity index (χ1) is 22.8. The Hall–Kier alpha value is -5.77. The molecule has 10 aromatic rings. The van der Waals surface area contributed by atoms with Gasteiger partial charge in [-0.3, -0.25) is 4.98 Å². The first-order valence-corrected chi connectivity index (χ1v) is 16.4. The van der Waals surface area contributed by atoms with E-state index in [2.05, 4.69) is 149 Å². The third-order valence-electron chi connectivity index (χ3n) is 9.45. The van der Waals surface area contributed by atoms with Crippen LogP contribution in [0.3, 0.4) is 0 Å². The van der Waals surface area contributed by atoms with Crippen LogP contribution >= 0.6 is 11.3 Å². The Bertz CT molecular complexity index is 2790. The van der Waals surface area contributed by atoms with E-state index in [9.17, 15) is 0 Å². The van der Waals surface area contributed by atoms with Gasteiger partial charge in [0.15, 0.2) is 0 Å². The fourth-order valence-electron chi connectivity index (χ4n) is 7.37. The summed E-state index contributed by atoms with van der Waals surface area (Å²) < 4.78 is 5.07. The van der Waals surface area contributed by atoms with E-state index >= 15 is 0 Å². The molecule has 3 aromatic heterocycles. The van der Waals surface area contributed by atoms with Crippen LogP contribution in [0.25, 0.3) is 91.5 Å². The molecule has 7 aromatic carbocycles. The van der Waals surface area contributed by atoms with E-state index in [0.29, 0.717) is 0 Å². The average molecular weight is 603 g/mol. The molecule has 46 heavy (non-hydrogen) atoms. The van der Waals surface area contributed by atoms with E-state index in [1.165, 1.54) is 85.9 Å². The molecule has 0 N–H and O–H groups in total. The predicted octanol–water partition coefficient (Wildman–Crippen LogP) is 12.2. The molecule has 0 aliphatic rings. The van der Waals surface area contributed by atoms with Gasteiger partial charge >= 0.3 is 0 Å². The summed E-state index contributed by atoms with van der Waals surface area (Å²) in [5.74, 6) is 0. The Morgan fingerprint density at radius 3 is 2.17 bits per heavy atom. The molecule has 0 atom stereocenters. The fourth-order valence-corrected chi connectivity index (χ4v) is 8.60. The monoisotopic (exact) mass is 602 g/mol. The van der Waals surface area contributed by atoms with Crippen LogP contribution in [0.15, 0.2) is 158 Å². The van der Waals surface area contributed by atoms with Gasteiger partial charge in [0.25, 0.3) is 0 Å². The van der Waals surface area contributed by atoms with Gasteiger partial charge in [-0.25, -0.2) is 0 Å². The molecule has 0 bridgehead atoms. The number of hydrogen-bond acceptors (Lipinski definition) is 2. The highest BCUT2D eigenvalue weighted by atomic mass is 32.1. The summed E-state index contributed by atoms with van der Waals surface area (Å²) in [6, 6.07) is 53.4. The molecule has 3 heterocycles. The van der Waals surface area contributed by atoms with Crippen molar-refractivity contribution < 1.29 is 0 Å². The van der Waals surface area contributed by atoms with Gasteiger partial charge in [-0.15, -0.1) is 11.3 Å². The predicted molar refractivity (Wildman–Crippen MR) is 197 cm³/mol. The lowest BCUT2D eigenvalue weighted by atomic mass is 9.90. The zero-order valence-electron chi connectivity index (χ0n) is 24.8. The number of aromatic nitrogens is 2. The largest absolute Gasteiger partial charge is 0.309 e. The Kier molecular flexibility index (Phi) is 5.48. The van der Waals surface area contributed by atoms with E-state index in [1.807, 2.05) is 29.8 Å². The Morgan fingerprint density at radius 2 is 1.28 bits per heavy atom. The smallest absolute Gasteiger partial charge is 0.0547 e. The highest BCUT2D eigenvalue weighted by Crippen LogP contribution is 2.45. The minimum Gasteiger partial charge on any atom is -0.309 e. The quantitative estimate of drug-likeness (QED) is 0.184. The molecule has 0 aliphatic heterocycles. The van der Waals surface area contributed by atoms with Crippen molar-refractivity contribution in [1.29, 1.82) is 0 Å². The van der Waals surface area contributed by atoms with Gasteiger partial charge in [-0.2, -0.15) is 0 Å². The van der Waals surface area contributed by atoms with Gasteiger partial charge < -0.3 is 4.57 Å². The lowest BCUT2D eigenvalue weighted by Gasteiger charge is -2.15. The molecule has 0 spiro atoms. The van der Waals surface area contributed by atoms with Crippen molar-refractivity contribution in [2.45, 2.75) is 0 Å². The number of thiophene rings is 1. The van der Waals surface area contributed by atoms with Gasteiger partial charge in [0.2, 0.25) is 0 Å². The van der Waals surface area contributed by atoms with E-state index in [0.717, 1.165) is 5.56 Å². The normalized spacial score (nSPS) is 11.9. The Labute approximate surface area is 269 Å². The maximum atomic E-state index is 4.43. The topological polar surface area (TPSA) is 17.8 Å². The number of rotatable bonds is 3. The van der Waals surface area contributed by atoms with Crippen molar-refractivity contribution in [3.05, 3.63) is 158 Å². The Balaban J connectivity index is 1.36. The van der Waals surface area contributed by atoms with E-state index < -0.39 is 0 Å². The van der Waals surface area contributed by atoms with E-state index in [4.69, 9.17) is 0 Å². The summed E-state index contributed by atoms with van der Waals surface area (Å²) in [5.41, 5.74) is 8.44. The van der Waals surface area contributed by atoms with Crippen LogP contribution in [0.4, 0.5) is 0 Å². The molecular weight excluding hydrogens is 577 g/mol. The van der Waals surface area contributed by atoms with Crippen LogP contribution in [-0.4, -0.2) is 9.55 Å². The maximum absolute atomic E-state index is 4.43. The lowest BCUT2D eigenvalue weighted by molar-refractivity contribution is 1.18. The first-order valence-electron chi connectivity index (χ1n) is 15.6. The molecule has 0 fully saturated rings. The minimum atomic E-state index is 1.12. The summed E-state index contributed by atoms with van der Waals surface area (Å²) in [5, 5.41) is 10.2. The fraction of sp³-hybridized carbons (Fsp3) is 0. The van der Waals surface area contributed by atoms with Gasteiger partial charge in [0, 0.05) is 60.2 Å². The molecule has 10 rings (SSSR count). The van der Waals surface area contributed by atoms with Gasteiger partial charge in [-0.05, 0) is 87.3 Å². The average Bonchev–Trinajstić information content (AvgIpc) is 3.66. The molecule has 0 radical (unpaired) electrons. The number of nitrogens with zero attached hydrogens (tertiary/aromatic N) is 2. The summed E-state index contributed by atoms with van der Waals surface area (Å²) in [6.45, 7) is 0. The molecule has 0 saturated heterocycles. The second-order valence-electron chi connectivity index (χ2n) is 12.0. The molecule has 3 heteroatoms. The van der Waals surface area contributed by atoms with Crippen LogP contribution in [0.5, 0.6) is 0 Å². The van der Waals surface area contributed by atoms with Crippen LogP contribution < -0.4 is 0 Å². The maximum Gasteiger partial charge on any atom is 0.0547 e. The minimum absolute atomic E-state index is 1.12. The van der Waals surface area contributed by atoms with Crippen molar-refractivity contribution in [1.82, 2.24) is 9.55 Å². The number of hydrogen-bond donors (Lipinski definition) is 0. The summed E-state index contributed by atoms with van der Waals surface area (Å²) in [7, 11) is 0. The van der Waals surface area contributed by atoms with E-state index in [1.54, 1.807) is 0 Å². The van der Waals surface area contributed by atoms with Crippen LogP contribution in [0.2, 0.25) is 0 Å². The SMILES string of the molecule is c1ccc(-n2c3ccccc3c3cc4cc(-c5cccc6c5sc5ccccc56)c5ccc(-c6cccnc6)cc5c4cc32)cc1. The van der Waals surface area contributed by atoms with Crippen molar-refractivity contribution in [2.75, 3.05) is 0 Å². The Morgan fingerprint density at radius 1 is 0.457 bits per heavy atom. The second-order valence-corrected chi connectivity index (χ2v) is 13.0. The van der Waals surface area contributed by atoms with Crippen LogP contribution in [0.1, 0.15) is 0 Å². The molecule has 0 unspecified atom stereocenters. The lowest BCUT2D eigenvalue weighted by Crippen LogP contribution is -1.93. The third-order valence-corrected chi connectivity index (χ3v) is 10.7. The highest BCUT2D eigenvalue weighted by Gasteiger charge is 2.18. The molecule has 214 valence electrons. The van der Waals surface area contributed by atoms with Crippen molar-refractivity contribution in [2.24, 2.45) is 0 Å². The highest BCUT2D eigenvalue weighted by molar-refractivity contribution is 7.26. The second kappa shape index (κ2) is 9.87. The zero-order chi connectivity index (χ0) is 30.2.